The van der Waals surface area contributed by atoms with E-state index in [0.29, 0.717) is 6.54 Å². The number of rotatable bonds is 7. The van der Waals surface area contributed by atoms with Gasteiger partial charge in [0.2, 0.25) is 0 Å². The Hall–Kier alpha value is -1.13. The Morgan fingerprint density at radius 1 is 1.56 bits per heavy atom. The summed E-state index contributed by atoms with van der Waals surface area (Å²) in [6.07, 6.45) is 2.71. The fourth-order valence-electron chi connectivity index (χ4n) is 1.70. The first-order valence-corrected chi connectivity index (χ1v) is 5.61. The highest BCUT2D eigenvalue weighted by Gasteiger charge is 2.14. The van der Waals surface area contributed by atoms with Gasteiger partial charge in [-0.3, -0.25) is 4.90 Å². The normalized spacial score (nSPS) is 11.0. The Morgan fingerprint density at radius 3 is 2.88 bits per heavy atom. The fraction of sp³-hybridized carbons (Fsp3) is 0.583. The average molecular weight is 224 g/mol. The lowest BCUT2D eigenvalue weighted by Gasteiger charge is -2.19. The number of aliphatic hydroxyl groups excluding tert-OH is 1. The van der Waals surface area contributed by atoms with Crippen LogP contribution >= 0.6 is 0 Å². The number of aromatic nitrogens is 1. The van der Waals surface area contributed by atoms with E-state index in [-0.39, 0.29) is 6.61 Å². The van der Waals surface area contributed by atoms with Crippen molar-refractivity contribution >= 4 is 0 Å². The van der Waals surface area contributed by atoms with Crippen molar-refractivity contribution in [1.29, 1.82) is 0 Å². The average Bonchev–Trinajstić information content (AvgIpc) is 2.61. The zero-order chi connectivity index (χ0) is 12.0. The summed E-state index contributed by atoms with van der Waals surface area (Å²) >= 11 is 0. The second-order valence-corrected chi connectivity index (χ2v) is 3.76. The molecular weight excluding hydrogens is 204 g/mol. The highest BCUT2D eigenvalue weighted by Crippen LogP contribution is 2.16. The van der Waals surface area contributed by atoms with Crippen LogP contribution in [-0.2, 0) is 13.0 Å². The summed E-state index contributed by atoms with van der Waals surface area (Å²) in [6, 6.07) is 0. The van der Waals surface area contributed by atoms with Gasteiger partial charge in [-0.05, 0) is 13.3 Å². The molecule has 0 aliphatic heterocycles. The number of hydrogen-bond donors (Lipinski definition) is 1. The van der Waals surface area contributed by atoms with Gasteiger partial charge in [-0.15, -0.1) is 6.58 Å². The molecule has 1 aromatic rings. The van der Waals surface area contributed by atoms with Crippen molar-refractivity contribution in [3.05, 3.63) is 29.7 Å². The molecule has 1 aromatic heterocycles. The van der Waals surface area contributed by atoms with E-state index in [2.05, 4.69) is 23.6 Å². The largest absolute Gasteiger partial charge is 0.395 e. The number of hydrogen-bond acceptors (Lipinski definition) is 4. The maximum atomic E-state index is 8.97. The van der Waals surface area contributed by atoms with E-state index in [1.54, 1.807) is 0 Å². The van der Waals surface area contributed by atoms with Crippen LogP contribution in [0.1, 0.15) is 23.9 Å². The smallest absolute Gasteiger partial charge is 0.138 e. The second kappa shape index (κ2) is 6.45. The van der Waals surface area contributed by atoms with E-state index in [0.717, 1.165) is 36.5 Å². The van der Waals surface area contributed by atoms with Crippen LogP contribution in [0.15, 0.2) is 17.2 Å². The van der Waals surface area contributed by atoms with Crippen molar-refractivity contribution in [2.24, 2.45) is 0 Å². The first-order valence-electron chi connectivity index (χ1n) is 5.61. The molecule has 0 aliphatic carbocycles. The van der Waals surface area contributed by atoms with Crippen LogP contribution in [0, 0.1) is 6.92 Å². The predicted molar refractivity (Wildman–Crippen MR) is 63.2 cm³/mol. The summed E-state index contributed by atoms with van der Waals surface area (Å²) in [5.74, 6) is 0.865. The minimum absolute atomic E-state index is 0.152. The molecule has 1 N–H and O–H groups in total. The zero-order valence-electron chi connectivity index (χ0n) is 10.1. The van der Waals surface area contributed by atoms with Gasteiger partial charge in [0, 0.05) is 25.2 Å². The molecule has 0 atom stereocenters. The first kappa shape index (κ1) is 12.9. The summed E-state index contributed by atoms with van der Waals surface area (Å²) in [4.78, 5) is 2.12. The van der Waals surface area contributed by atoms with Crippen molar-refractivity contribution in [1.82, 2.24) is 10.1 Å². The minimum atomic E-state index is 0.152. The van der Waals surface area contributed by atoms with Gasteiger partial charge in [-0.25, -0.2) is 0 Å². The zero-order valence-corrected chi connectivity index (χ0v) is 10.1. The molecule has 0 aliphatic rings. The maximum Gasteiger partial charge on any atom is 0.138 e. The molecule has 0 saturated carbocycles. The van der Waals surface area contributed by atoms with E-state index in [4.69, 9.17) is 9.63 Å². The fourth-order valence-corrected chi connectivity index (χ4v) is 1.70. The molecule has 0 saturated heterocycles. The molecule has 4 nitrogen and oxygen atoms in total. The minimum Gasteiger partial charge on any atom is -0.395 e. The number of aryl methyl sites for hydroxylation is 2. The van der Waals surface area contributed by atoms with Gasteiger partial charge >= 0.3 is 0 Å². The lowest BCUT2D eigenvalue weighted by atomic mass is 10.1. The molecular formula is C12H20N2O2. The lowest BCUT2D eigenvalue weighted by molar-refractivity contribution is 0.202. The van der Waals surface area contributed by atoms with Crippen molar-refractivity contribution < 1.29 is 9.63 Å². The Balaban J connectivity index is 2.74. The molecule has 0 spiro atoms. The molecule has 90 valence electrons. The van der Waals surface area contributed by atoms with E-state index in [1.807, 2.05) is 13.0 Å². The van der Waals surface area contributed by atoms with Gasteiger partial charge in [-0.1, -0.05) is 18.2 Å². The van der Waals surface area contributed by atoms with Crippen LogP contribution in [0.4, 0.5) is 0 Å². The van der Waals surface area contributed by atoms with Gasteiger partial charge in [0.15, 0.2) is 0 Å². The van der Waals surface area contributed by atoms with Gasteiger partial charge in [-0.2, -0.15) is 0 Å². The Bertz CT molecular complexity index is 334. The topological polar surface area (TPSA) is 49.5 Å². The summed E-state index contributed by atoms with van der Waals surface area (Å²) in [7, 11) is 0. The highest BCUT2D eigenvalue weighted by atomic mass is 16.5. The molecule has 0 unspecified atom stereocenters. The van der Waals surface area contributed by atoms with Crippen molar-refractivity contribution in [3.8, 4) is 0 Å². The maximum absolute atomic E-state index is 8.97. The standard InChI is InChI=1S/C12H20N2O2/c1-4-6-14(7-8-15)9-11-10(3)16-13-12(11)5-2/h4,15H,1,5-9H2,2-3H3. The summed E-state index contributed by atoms with van der Waals surface area (Å²) in [5, 5.41) is 13.0. The second-order valence-electron chi connectivity index (χ2n) is 3.76. The molecule has 1 rings (SSSR count). The molecule has 0 bridgehead atoms. The monoisotopic (exact) mass is 224 g/mol. The van der Waals surface area contributed by atoms with Crippen LogP contribution < -0.4 is 0 Å². The summed E-state index contributed by atoms with van der Waals surface area (Å²) < 4.78 is 5.18. The van der Waals surface area contributed by atoms with Crippen LogP contribution in [0.5, 0.6) is 0 Å². The van der Waals surface area contributed by atoms with Crippen LogP contribution in [-0.4, -0.2) is 34.9 Å². The molecule has 0 radical (unpaired) electrons. The number of nitrogens with zero attached hydrogens (tertiary/aromatic N) is 2. The predicted octanol–water partition coefficient (Wildman–Crippen LogP) is 1.53. The summed E-state index contributed by atoms with van der Waals surface area (Å²) in [6.45, 7) is 10.0. The van der Waals surface area contributed by atoms with Crippen LogP contribution in [0.3, 0.4) is 0 Å². The van der Waals surface area contributed by atoms with E-state index in [1.165, 1.54) is 0 Å². The third-order valence-electron chi connectivity index (χ3n) is 2.59. The van der Waals surface area contributed by atoms with Crippen molar-refractivity contribution in [3.63, 3.8) is 0 Å². The third-order valence-corrected chi connectivity index (χ3v) is 2.59. The quantitative estimate of drug-likeness (QED) is 0.713. The van der Waals surface area contributed by atoms with Crippen LogP contribution in [0.2, 0.25) is 0 Å². The Morgan fingerprint density at radius 2 is 2.31 bits per heavy atom. The molecule has 0 amide bonds. The third kappa shape index (κ3) is 3.18. The van der Waals surface area contributed by atoms with Crippen LogP contribution in [0.25, 0.3) is 0 Å². The molecule has 0 fully saturated rings. The van der Waals surface area contributed by atoms with Gasteiger partial charge in [0.1, 0.15) is 5.76 Å². The van der Waals surface area contributed by atoms with Crippen molar-refractivity contribution in [2.75, 3.05) is 19.7 Å². The Labute approximate surface area is 96.5 Å². The Kier molecular flexibility index (Phi) is 5.22. The molecule has 1 heterocycles. The van der Waals surface area contributed by atoms with Gasteiger partial charge in [0.05, 0.1) is 12.3 Å². The first-order chi connectivity index (χ1) is 7.72. The number of aliphatic hydroxyl groups is 1. The lowest BCUT2D eigenvalue weighted by Crippen LogP contribution is -2.27. The molecule has 16 heavy (non-hydrogen) atoms. The summed E-state index contributed by atoms with van der Waals surface area (Å²) in [5.41, 5.74) is 2.14. The van der Waals surface area contributed by atoms with Gasteiger partial charge in [0.25, 0.3) is 0 Å². The van der Waals surface area contributed by atoms with Gasteiger partial charge < -0.3 is 9.63 Å². The van der Waals surface area contributed by atoms with Crippen molar-refractivity contribution in [2.45, 2.75) is 26.8 Å². The van der Waals surface area contributed by atoms with E-state index in [9.17, 15) is 0 Å². The molecule has 0 aromatic carbocycles. The highest BCUT2D eigenvalue weighted by molar-refractivity contribution is 5.22. The van der Waals surface area contributed by atoms with E-state index >= 15 is 0 Å². The molecule has 4 heteroatoms. The SMILES string of the molecule is C=CCN(CCO)Cc1c(CC)noc1C. The van der Waals surface area contributed by atoms with E-state index < -0.39 is 0 Å².